The number of carboxylic acid groups (broad SMARTS) is 1. The van der Waals surface area contributed by atoms with Crippen LogP contribution in [-0.2, 0) is 11.3 Å². The fourth-order valence-corrected chi connectivity index (χ4v) is 5.09. The minimum absolute atomic E-state index is 0.00649. The van der Waals surface area contributed by atoms with Crippen LogP contribution in [0, 0.1) is 10.1 Å². The number of carbonyl (C=O) groups excluding carboxylic acids is 1. The van der Waals surface area contributed by atoms with Gasteiger partial charge in [-0.15, -0.1) is 11.3 Å². The van der Waals surface area contributed by atoms with Crippen molar-refractivity contribution >= 4 is 51.5 Å². The Hall–Kier alpha value is -4.43. The van der Waals surface area contributed by atoms with Crippen LogP contribution >= 0.6 is 23.1 Å². The standard InChI is InChI=1S/C27H21F3N4O5S2/c28-27(29,30)41-22-11-9-20(10-12-22)33(15-17-1-3-19(4-2-17)25(37)31-14-13-24(35)36)26-32-23(16-40-26)18-5-7-21(8-6-18)34(38)39/h1-12,16H,13-15H2,(H,31,37)(H,35,36). The highest BCUT2D eigenvalue weighted by Crippen LogP contribution is 2.39. The number of anilines is 2. The molecule has 0 spiro atoms. The van der Waals surface area contributed by atoms with Crippen LogP contribution in [0.1, 0.15) is 22.3 Å². The van der Waals surface area contributed by atoms with Crippen LogP contribution in [0.25, 0.3) is 11.3 Å². The summed E-state index contributed by atoms with van der Waals surface area (Å²) in [6.45, 7) is 0.257. The van der Waals surface area contributed by atoms with Gasteiger partial charge in [-0.3, -0.25) is 19.7 Å². The van der Waals surface area contributed by atoms with E-state index in [-0.39, 0.29) is 41.9 Å². The topological polar surface area (TPSA) is 126 Å². The van der Waals surface area contributed by atoms with Crippen molar-refractivity contribution in [3.05, 3.63) is 99.4 Å². The maximum absolute atomic E-state index is 12.8. The molecule has 0 unspecified atom stereocenters. The molecule has 0 radical (unpaired) electrons. The number of nitrogens with one attached hydrogen (secondary N) is 1. The van der Waals surface area contributed by atoms with E-state index < -0.39 is 22.3 Å². The first-order valence-corrected chi connectivity index (χ1v) is 13.6. The third-order valence-corrected chi connectivity index (χ3v) is 7.26. The molecule has 1 aromatic heterocycles. The second-order valence-electron chi connectivity index (χ2n) is 8.54. The van der Waals surface area contributed by atoms with E-state index in [4.69, 9.17) is 5.11 Å². The lowest BCUT2D eigenvalue weighted by molar-refractivity contribution is -0.384. The highest BCUT2D eigenvalue weighted by atomic mass is 32.2. The van der Waals surface area contributed by atoms with Gasteiger partial charge in [0.15, 0.2) is 5.13 Å². The average molecular weight is 603 g/mol. The molecule has 9 nitrogen and oxygen atoms in total. The number of nitro groups is 1. The first kappa shape index (κ1) is 29.6. The van der Waals surface area contributed by atoms with Gasteiger partial charge in [0.2, 0.25) is 0 Å². The molecule has 0 atom stereocenters. The predicted molar refractivity (Wildman–Crippen MR) is 149 cm³/mol. The Morgan fingerprint density at radius 3 is 2.27 bits per heavy atom. The molecule has 0 saturated heterocycles. The number of amides is 1. The van der Waals surface area contributed by atoms with Gasteiger partial charge < -0.3 is 15.3 Å². The van der Waals surface area contributed by atoms with Crippen LogP contribution in [-0.4, -0.2) is 38.9 Å². The molecule has 1 amide bonds. The smallest absolute Gasteiger partial charge is 0.446 e. The Kier molecular flexibility index (Phi) is 9.24. The minimum atomic E-state index is -4.42. The molecule has 41 heavy (non-hydrogen) atoms. The number of carbonyl (C=O) groups is 2. The van der Waals surface area contributed by atoms with Gasteiger partial charge in [-0.25, -0.2) is 4.98 Å². The molecule has 0 fully saturated rings. The van der Waals surface area contributed by atoms with Gasteiger partial charge in [0.1, 0.15) is 0 Å². The zero-order chi connectivity index (χ0) is 29.6. The molecular weight excluding hydrogens is 581 g/mol. The molecule has 0 aliphatic carbocycles. The summed E-state index contributed by atoms with van der Waals surface area (Å²) < 4.78 is 38.5. The van der Waals surface area contributed by atoms with Crippen LogP contribution in [0.15, 0.2) is 83.1 Å². The maximum Gasteiger partial charge on any atom is 0.446 e. The number of aliphatic carboxylic acids is 1. The first-order valence-electron chi connectivity index (χ1n) is 11.9. The van der Waals surface area contributed by atoms with Crippen molar-refractivity contribution < 1.29 is 32.8 Å². The molecule has 2 N–H and O–H groups in total. The fraction of sp³-hybridized carbons (Fsp3) is 0.148. The van der Waals surface area contributed by atoms with E-state index in [0.29, 0.717) is 27.6 Å². The molecule has 1 heterocycles. The van der Waals surface area contributed by atoms with Crippen molar-refractivity contribution in [1.82, 2.24) is 10.3 Å². The number of halogens is 3. The van der Waals surface area contributed by atoms with Gasteiger partial charge in [0, 0.05) is 45.8 Å². The third-order valence-electron chi connectivity index (χ3n) is 5.66. The second kappa shape index (κ2) is 12.8. The molecule has 212 valence electrons. The van der Waals surface area contributed by atoms with Crippen molar-refractivity contribution in [3.8, 4) is 11.3 Å². The Balaban J connectivity index is 1.59. The van der Waals surface area contributed by atoms with Crippen LogP contribution in [0.4, 0.5) is 29.7 Å². The van der Waals surface area contributed by atoms with Gasteiger partial charge >= 0.3 is 11.5 Å². The molecule has 0 bridgehead atoms. The molecule has 0 aliphatic rings. The number of hydrogen-bond acceptors (Lipinski definition) is 8. The Morgan fingerprint density at radius 1 is 1.02 bits per heavy atom. The quantitative estimate of drug-likeness (QED) is 0.108. The summed E-state index contributed by atoms with van der Waals surface area (Å²) in [6.07, 6.45) is -0.200. The predicted octanol–water partition coefficient (Wildman–Crippen LogP) is 6.87. The SMILES string of the molecule is O=C(O)CCNC(=O)c1ccc(CN(c2ccc(SC(F)(F)F)cc2)c2nc(-c3ccc([N+](=O)[O-])cc3)cs2)cc1. The molecule has 0 aliphatic heterocycles. The number of nitrogens with zero attached hydrogens (tertiary/aromatic N) is 3. The highest BCUT2D eigenvalue weighted by molar-refractivity contribution is 8.00. The third kappa shape index (κ3) is 8.28. The molecule has 4 rings (SSSR count). The van der Waals surface area contributed by atoms with Crippen molar-refractivity contribution in [2.45, 2.75) is 23.4 Å². The Labute approximate surface area is 239 Å². The van der Waals surface area contributed by atoms with Crippen LogP contribution in [0.3, 0.4) is 0 Å². The summed E-state index contributed by atoms with van der Waals surface area (Å²) in [5.74, 6) is -1.44. The largest absolute Gasteiger partial charge is 0.481 e. The van der Waals surface area contributed by atoms with Crippen LogP contribution < -0.4 is 10.2 Å². The Bertz CT molecular complexity index is 1530. The molecule has 14 heteroatoms. The lowest BCUT2D eigenvalue weighted by Gasteiger charge is -2.23. The molecule has 3 aromatic carbocycles. The van der Waals surface area contributed by atoms with Gasteiger partial charge in [0.05, 0.1) is 23.6 Å². The molecule has 4 aromatic rings. The summed E-state index contributed by atoms with van der Waals surface area (Å²) in [5.41, 5.74) is -1.55. The number of aromatic nitrogens is 1. The van der Waals surface area contributed by atoms with Gasteiger partial charge in [-0.1, -0.05) is 12.1 Å². The highest BCUT2D eigenvalue weighted by Gasteiger charge is 2.29. The van der Waals surface area contributed by atoms with E-state index in [1.165, 1.54) is 35.6 Å². The van der Waals surface area contributed by atoms with Crippen molar-refractivity contribution in [2.75, 3.05) is 11.4 Å². The van der Waals surface area contributed by atoms with Gasteiger partial charge in [-0.05, 0) is 65.9 Å². The number of thiazole rings is 1. The zero-order valence-electron chi connectivity index (χ0n) is 21.0. The van der Waals surface area contributed by atoms with E-state index >= 15 is 0 Å². The number of carboxylic acids is 1. The van der Waals surface area contributed by atoms with Crippen molar-refractivity contribution in [2.24, 2.45) is 0 Å². The van der Waals surface area contributed by atoms with Crippen LogP contribution in [0.5, 0.6) is 0 Å². The summed E-state index contributed by atoms with van der Waals surface area (Å²) in [4.78, 5) is 40.0. The molecule has 0 saturated carbocycles. The zero-order valence-corrected chi connectivity index (χ0v) is 22.6. The monoisotopic (exact) mass is 602 g/mol. The number of thioether (sulfide) groups is 1. The fourth-order valence-electron chi connectivity index (χ4n) is 3.70. The van der Waals surface area contributed by atoms with E-state index in [9.17, 15) is 32.9 Å². The van der Waals surface area contributed by atoms with Crippen molar-refractivity contribution in [3.63, 3.8) is 0 Å². The number of alkyl halides is 3. The van der Waals surface area contributed by atoms with Gasteiger partial charge in [0.25, 0.3) is 11.6 Å². The second-order valence-corrected chi connectivity index (χ2v) is 10.5. The lowest BCUT2D eigenvalue weighted by atomic mass is 10.1. The average Bonchev–Trinajstić information content (AvgIpc) is 3.41. The van der Waals surface area contributed by atoms with Crippen molar-refractivity contribution in [1.29, 1.82) is 0 Å². The normalized spacial score (nSPS) is 11.2. The van der Waals surface area contributed by atoms with E-state index in [2.05, 4.69) is 10.3 Å². The lowest BCUT2D eigenvalue weighted by Crippen LogP contribution is -2.26. The van der Waals surface area contributed by atoms with E-state index in [1.807, 2.05) is 4.90 Å². The number of hydrogen-bond donors (Lipinski definition) is 2. The van der Waals surface area contributed by atoms with E-state index in [0.717, 1.165) is 5.56 Å². The number of benzene rings is 3. The van der Waals surface area contributed by atoms with Gasteiger partial charge in [-0.2, -0.15) is 13.2 Å². The number of rotatable bonds is 11. The first-order chi connectivity index (χ1) is 19.5. The summed E-state index contributed by atoms with van der Waals surface area (Å²) >= 11 is 1.08. The summed E-state index contributed by atoms with van der Waals surface area (Å²) in [5, 5.41) is 24.6. The number of nitro benzene ring substituents is 1. The van der Waals surface area contributed by atoms with Crippen LogP contribution in [0.2, 0.25) is 0 Å². The molecular formula is C27H21F3N4O5S2. The summed E-state index contributed by atoms with van der Waals surface area (Å²) in [6, 6.07) is 18.4. The maximum atomic E-state index is 12.8. The minimum Gasteiger partial charge on any atom is -0.481 e. The summed E-state index contributed by atoms with van der Waals surface area (Å²) in [7, 11) is 0. The number of non-ortho nitro benzene ring substituents is 1. The van der Waals surface area contributed by atoms with E-state index in [1.54, 1.807) is 53.9 Å². The Morgan fingerprint density at radius 2 is 1.68 bits per heavy atom.